The fourth-order valence-corrected chi connectivity index (χ4v) is 2.44. The molecule has 0 aromatic heterocycles. The predicted molar refractivity (Wildman–Crippen MR) is 99.5 cm³/mol. The molecule has 148 valence electrons. The quantitative estimate of drug-likeness (QED) is 0.715. The first kappa shape index (κ1) is 21.0. The Morgan fingerprint density at radius 1 is 1.11 bits per heavy atom. The van der Waals surface area contributed by atoms with Crippen molar-refractivity contribution in [1.29, 1.82) is 0 Å². The number of amides is 2. The Morgan fingerprint density at radius 2 is 1.82 bits per heavy atom. The summed E-state index contributed by atoms with van der Waals surface area (Å²) in [5, 5.41) is 5.37. The van der Waals surface area contributed by atoms with E-state index in [-0.39, 0.29) is 17.5 Å². The maximum atomic E-state index is 12.4. The second-order valence-electron chi connectivity index (χ2n) is 5.96. The topological polar surface area (TPSA) is 67.4 Å². The van der Waals surface area contributed by atoms with Crippen molar-refractivity contribution in [2.75, 3.05) is 5.32 Å². The SMILES string of the molecule is CC(=O)Nc1cccc([C@H](C)NC(=O)/C=C/c2ccccc2OC(F)(F)F)c1. The van der Waals surface area contributed by atoms with Crippen LogP contribution < -0.4 is 15.4 Å². The highest BCUT2D eigenvalue weighted by atomic mass is 19.4. The summed E-state index contributed by atoms with van der Waals surface area (Å²) in [7, 11) is 0. The summed E-state index contributed by atoms with van der Waals surface area (Å²) in [6.45, 7) is 3.14. The van der Waals surface area contributed by atoms with Crippen LogP contribution in [-0.2, 0) is 9.59 Å². The van der Waals surface area contributed by atoms with Gasteiger partial charge in [-0.2, -0.15) is 0 Å². The van der Waals surface area contributed by atoms with Gasteiger partial charge < -0.3 is 15.4 Å². The van der Waals surface area contributed by atoms with Gasteiger partial charge in [-0.25, -0.2) is 0 Å². The predicted octanol–water partition coefficient (Wildman–Crippen LogP) is 4.43. The number of halogens is 3. The standard InChI is InChI=1S/C20H19F3N2O3/c1-13(16-7-5-8-17(12-16)25-14(2)26)24-19(27)11-10-15-6-3-4-9-18(15)28-20(21,22)23/h3-13H,1-2H3,(H,24,27)(H,25,26)/b11-10+/t13-/m0/s1. The molecule has 1 atom stereocenters. The fourth-order valence-electron chi connectivity index (χ4n) is 2.44. The van der Waals surface area contributed by atoms with Crippen LogP contribution >= 0.6 is 0 Å². The highest BCUT2D eigenvalue weighted by molar-refractivity contribution is 5.92. The van der Waals surface area contributed by atoms with E-state index in [2.05, 4.69) is 15.4 Å². The number of para-hydroxylation sites is 1. The molecule has 0 saturated heterocycles. The molecule has 2 rings (SSSR count). The van der Waals surface area contributed by atoms with Crippen molar-refractivity contribution in [2.45, 2.75) is 26.3 Å². The van der Waals surface area contributed by atoms with Gasteiger partial charge in [0, 0.05) is 24.3 Å². The molecular weight excluding hydrogens is 373 g/mol. The van der Waals surface area contributed by atoms with Gasteiger partial charge in [-0.3, -0.25) is 9.59 Å². The van der Waals surface area contributed by atoms with Crippen LogP contribution in [0, 0.1) is 0 Å². The van der Waals surface area contributed by atoms with Crippen LogP contribution in [0.1, 0.15) is 31.0 Å². The summed E-state index contributed by atoms with van der Waals surface area (Å²) in [5.74, 6) is -1.09. The maximum absolute atomic E-state index is 12.4. The minimum Gasteiger partial charge on any atom is -0.405 e. The van der Waals surface area contributed by atoms with Crippen LogP contribution in [0.25, 0.3) is 6.08 Å². The zero-order valence-corrected chi connectivity index (χ0v) is 15.2. The minimum absolute atomic E-state index is 0.121. The van der Waals surface area contributed by atoms with E-state index < -0.39 is 18.0 Å². The molecule has 0 aliphatic rings. The number of hydrogen-bond donors (Lipinski definition) is 2. The first-order valence-electron chi connectivity index (χ1n) is 8.35. The average Bonchev–Trinajstić information content (AvgIpc) is 2.59. The van der Waals surface area contributed by atoms with Crippen molar-refractivity contribution in [1.82, 2.24) is 5.32 Å². The molecule has 0 aliphatic heterocycles. The number of nitrogens with one attached hydrogen (secondary N) is 2. The lowest BCUT2D eigenvalue weighted by atomic mass is 10.1. The Hall–Kier alpha value is -3.29. The number of alkyl halides is 3. The summed E-state index contributed by atoms with van der Waals surface area (Å²) in [4.78, 5) is 23.3. The molecule has 0 bridgehead atoms. The van der Waals surface area contributed by atoms with Crippen molar-refractivity contribution in [3.63, 3.8) is 0 Å². The van der Waals surface area contributed by atoms with Crippen LogP contribution in [0.15, 0.2) is 54.6 Å². The molecule has 28 heavy (non-hydrogen) atoms. The summed E-state index contributed by atoms with van der Waals surface area (Å²) in [5.41, 5.74) is 1.48. The Balaban J connectivity index is 2.05. The van der Waals surface area contributed by atoms with E-state index in [0.29, 0.717) is 5.69 Å². The first-order chi connectivity index (χ1) is 13.1. The van der Waals surface area contributed by atoms with Crippen LogP contribution in [0.3, 0.4) is 0 Å². The average molecular weight is 392 g/mol. The molecular formula is C20H19F3N2O3. The van der Waals surface area contributed by atoms with Gasteiger partial charge in [0.15, 0.2) is 0 Å². The Labute approximate surface area is 160 Å². The molecule has 0 fully saturated rings. The lowest BCUT2D eigenvalue weighted by Gasteiger charge is -2.14. The van der Waals surface area contributed by atoms with E-state index in [1.165, 1.54) is 37.3 Å². The number of anilines is 1. The minimum atomic E-state index is -4.82. The largest absolute Gasteiger partial charge is 0.573 e. The van der Waals surface area contributed by atoms with Gasteiger partial charge in [0.2, 0.25) is 11.8 Å². The van der Waals surface area contributed by atoms with Crippen molar-refractivity contribution in [2.24, 2.45) is 0 Å². The molecule has 2 N–H and O–H groups in total. The second-order valence-corrected chi connectivity index (χ2v) is 5.96. The zero-order chi connectivity index (χ0) is 20.7. The number of hydrogen-bond acceptors (Lipinski definition) is 3. The van der Waals surface area contributed by atoms with Crippen molar-refractivity contribution >= 4 is 23.6 Å². The summed E-state index contributed by atoms with van der Waals surface area (Å²) in [6, 6.07) is 12.1. The van der Waals surface area contributed by atoms with Crippen molar-refractivity contribution in [3.05, 3.63) is 65.7 Å². The number of carbonyl (C=O) groups is 2. The van der Waals surface area contributed by atoms with E-state index in [0.717, 1.165) is 11.6 Å². The van der Waals surface area contributed by atoms with Crippen molar-refractivity contribution < 1.29 is 27.5 Å². The monoisotopic (exact) mass is 392 g/mol. The van der Waals surface area contributed by atoms with Crippen LogP contribution in [0.5, 0.6) is 5.75 Å². The first-order valence-corrected chi connectivity index (χ1v) is 8.35. The highest BCUT2D eigenvalue weighted by Gasteiger charge is 2.31. The van der Waals surface area contributed by atoms with Gasteiger partial charge in [0.25, 0.3) is 0 Å². The van der Waals surface area contributed by atoms with E-state index in [4.69, 9.17) is 0 Å². The van der Waals surface area contributed by atoms with Gasteiger partial charge in [-0.15, -0.1) is 13.2 Å². The molecule has 0 heterocycles. The number of ether oxygens (including phenoxy) is 1. The zero-order valence-electron chi connectivity index (χ0n) is 15.2. The van der Waals surface area contributed by atoms with E-state index >= 15 is 0 Å². The highest BCUT2D eigenvalue weighted by Crippen LogP contribution is 2.27. The lowest BCUT2D eigenvalue weighted by molar-refractivity contribution is -0.274. The third kappa shape index (κ3) is 6.79. The van der Waals surface area contributed by atoms with E-state index in [9.17, 15) is 22.8 Å². The van der Waals surface area contributed by atoms with Crippen LogP contribution in [0.2, 0.25) is 0 Å². The molecule has 8 heteroatoms. The second kappa shape index (κ2) is 9.07. The molecule has 2 aromatic rings. The number of carbonyl (C=O) groups excluding carboxylic acids is 2. The van der Waals surface area contributed by atoms with Crippen LogP contribution in [-0.4, -0.2) is 18.2 Å². The number of benzene rings is 2. The molecule has 0 spiro atoms. The maximum Gasteiger partial charge on any atom is 0.573 e. The Bertz CT molecular complexity index is 879. The molecule has 0 aliphatic carbocycles. The molecule has 0 radical (unpaired) electrons. The smallest absolute Gasteiger partial charge is 0.405 e. The van der Waals surface area contributed by atoms with Crippen molar-refractivity contribution in [3.8, 4) is 5.75 Å². The molecule has 2 amide bonds. The van der Waals surface area contributed by atoms with Gasteiger partial charge >= 0.3 is 6.36 Å². The molecule has 2 aromatic carbocycles. The third-order valence-corrected chi connectivity index (χ3v) is 3.62. The van der Waals surface area contributed by atoms with Gasteiger partial charge in [-0.1, -0.05) is 30.3 Å². The summed E-state index contributed by atoms with van der Waals surface area (Å²) >= 11 is 0. The van der Waals surface area contributed by atoms with Gasteiger partial charge in [0.1, 0.15) is 5.75 Å². The van der Waals surface area contributed by atoms with Gasteiger partial charge in [-0.05, 0) is 36.8 Å². The van der Waals surface area contributed by atoms with Gasteiger partial charge in [0.05, 0.1) is 6.04 Å². The third-order valence-electron chi connectivity index (χ3n) is 3.62. The normalized spacial score (nSPS) is 12.5. The Kier molecular flexibility index (Phi) is 6.81. The molecule has 0 saturated carbocycles. The number of rotatable bonds is 6. The molecule has 5 nitrogen and oxygen atoms in total. The Morgan fingerprint density at radius 3 is 2.50 bits per heavy atom. The van der Waals surface area contributed by atoms with E-state index in [1.807, 2.05) is 0 Å². The lowest BCUT2D eigenvalue weighted by Crippen LogP contribution is -2.24. The molecule has 0 unspecified atom stereocenters. The fraction of sp³-hybridized carbons (Fsp3) is 0.200. The summed E-state index contributed by atoms with van der Waals surface area (Å²) in [6.07, 6.45) is -2.44. The van der Waals surface area contributed by atoms with Crippen LogP contribution in [0.4, 0.5) is 18.9 Å². The summed E-state index contributed by atoms with van der Waals surface area (Å²) < 4.78 is 41.3. The van der Waals surface area contributed by atoms with E-state index in [1.54, 1.807) is 31.2 Å².